The number of nitrogens with one attached hydrogen (secondary N) is 1. The van der Waals surface area contributed by atoms with Crippen molar-refractivity contribution in [1.29, 1.82) is 5.26 Å². The van der Waals surface area contributed by atoms with Crippen LogP contribution in [-0.4, -0.2) is 21.6 Å². The van der Waals surface area contributed by atoms with Crippen molar-refractivity contribution in [3.05, 3.63) is 18.0 Å². The number of rotatable bonds is 3. The lowest BCUT2D eigenvalue weighted by Crippen LogP contribution is -1.93. The Morgan fingerprint density at radius 3 is 3.07 bits per heavy atom. The van der Waals surface area contributed by atoms with Gasteiger partial charge in [-0.2, -0.15) is 10.2 Å². The molecule has 2 aromatic rings. The molecule has 0 radical (unpaired) electrons. The van der Waals surface area contributed by atoms with E-state index in [1.165, 1.54) is 0 Å². The van der Waals surface area contributed by atoms with Gasteiger partial charge in [-0.05, 0) is 13.0 Å². The Morgan fingerprint density at radius 1 is 1.47 bits per heavy atom. The molecule has 0 saturated carbocycles. The Balaban J connectivity index is 2.39. The second-order valence-corrected chi connectivity index (χ2v) is 2.97. The number of pyridine rings is 1. The first-order chi connectivity index (χ1) is 7.33. The number of fused-ring (bicyclic) bond motifs is 1. The summed E-state index contributed by atoms with van der Waals surface area (Å²) in [6, 6.07) is 5.66. The van der Waals surface area contributed by atoms with Crippen LogP contribution in [0.5, 0.6) is 5.88 Å². The molecule has 2 heterocycles. The van der Waals surface area contributed by atoms with Gasteiger partial charge < -0.3 is 9.72 Å². The second kappa shape index (κ2) is 3.96. The summed E-state index contributed by atoms with van der Waals surface area (Å²) in [5.41, 5.74) is 1.41. The molecular formula is C10H10N4O. The van der Waals surface area contributed by atoms with Gasteiger partial charge in [-0.3, -0.25) is 0 Å². The van der Waals surface area contributed by atoms with Crippen molar-refractivity contribution in [2.24, 2.45) is 0 Å². The lowest BCUT2D eigenvalue weighted by atomic mass is 10.4. The van der Waals surface area contributed by atoms with Gasteiger partial charge in [-0.15, -0.1) is 0 Å². The van der Waals surface area contributed by atoms with Gasteiger partial charge in [-0.1, -0.05) is 0 Å². The van der Waals surface area contributed by atoms with E-state index in [1.54, 1.807) is 6.07 Å². The maximum atomic E-state index is 8.53. The number of nitrogens with zero attached hydrogens (tertiary/aromatic N) is 3. The van der Waals surface area contributed by atoms with Gasteiger partial charge in [0, 0.05) is 6.07 Å². The molecule has 2 rings (SSSR count). The first-order valence-electron chi connectivity index (χ1n) is 4.69. The minimum absolute atomic E-state index is 0.264. The Bertz CT molecular complexity index is 512. The van der Waals surface area contributed by atoms with Gasteiger partial charge >= 0.3 is 0 Å². The molecule has 0 aliphatic carbocycles. The van der Waals surface area contributed by atoms with Crippen LogP contribution in [0.2, 0.25) is 0 Å². The molecule has 0 amide bonds. The smallest absolute Gasteiger partial charge is 0.215 e. The van der Waals surface area contributed by atoms with Crippen LogP contribution in [0.25, 0.3) is 11.2 Å². The van der Waals surface area contributed by atoms with Gasteiger partial charge in [0.15, 0.2) is 5.65 Å². The molecule has 1 N–H and O–H groups in total. The van der Waals surface area contributed by atoms with E-state index in [1.807, 2.05) is 19.1 Å². The van der Waals surface area contributed by atoms with Crippen molar-refractivity contribution in [3.8, 4) is 11.9 Å². The third kappa shape index (κ3) is 1.89. The predicted molar refractivity (Wildman–Crippen MR) is 54.4 cm³/mol. The predicted octanol–water partition coefficient (Wildman–Crippen LogP) is 1.42. The average molecular weight is 202 g/mol. The van der Waals surface area contributed by atoms with Gasteiger partial charge in [0.1, 0.15) is 5.82 Å². The first kappa shape index (κ1) is 9.46. The molecule has 0 aromatic carbocycles. The van der Waals surface area contributed by atoms with E-state index in [-0.39, 0.29) is 6.42 Å². The summed E-state index contributed by atoms with van der Waals surface area (Å²) in [5, 5.41) is 8.53. The number of ether oxygens (including phenoxy) is 1. The molecule has 0 spiro atoms. The van der Waals surface area contributed by atoms with Crippen LogP contribution in [-0.2, 0) is 6.42 Å². The zero-order valence-corrected chi connectivity index (χ0v) is 8.32. The maximum absolute atomic E-state index is 8.53. The molecule has 0 aliphatic heterocycles. The monoisotopic (exact) mass is 202 g/mol. The molecule has 5 heteroatoms. The van der Waals surface area contributed by atoms with Gasteiger partial charge in [-0.25, -0.2) is 4.98 Å². The zero-order chi connectivity index (χ0) is 10.7. The van der Waals surface area contributed by atoms with Gasteiger partial charge in [0.2, 0.25) is 5.88 Å². The number of H-pyrrole nitrogens is 1. The summed E-state index contributed by atoms with van der Waals surface area (Å²) < 4.78 is 5.25. The highest BCUT2D eigenvalue weighted by Crippen LogP contribution is 2.14. The van der Waals surface area contributed by atoms with Crippen molar-refractivity contribution < 1.29 is 4.74 Å². The third-order valence-electron chi connectivity index (χ3n) is 1.91. The molecule has 0 fully saturated rings. The van der Waals surface area contributed by atoms with E-state index in [0.29, 0.717) is 24.0 Å². The summed E-state index contributed by atoms with van der Waals surface area (Å²) in [6.07, 6.45) is 0.264. The van der Waals surface area contributed by atoms with Crippen LogP contribution in [0.15, 0.2) is 12.1 Å². The van der Waals surface area contributed by atoms with Crippen molar-refractivity contribution in [2.45, 2.75) is 13.3 Å². The number of nitriles is 1. The fourth-order valence-electron chi connectivity index (χ4n) is 1.31. The number of imidazole rings is 1. The van der Waals surface area contributed by atoms with Gasteiger partial charge in [0.25, 0.3) is 0 Å². The van der Waals surface area contributed by atoms with Crippen molar-refractivity contribution in [1.82, 2.24) is 15.0 Å². The minimum atomic E-state index is 0.264. The van der Waals surface area contributed by atoms with E-state index < -0.39 is 0 Å². The number of aromatic nitrogens is 3. The molecule has 0 bridgehead atoms. The molecule has 2 aromatic heterocycles. The SMILES string of the molecule is CCOc1ccc2[nH]c(CC#N)nc2n1. The fourth-order valence-corrected chi connectivity index (χ4v) is 1.31. The van der Waals surface area contributed by atoms with Crippen molar-refractivity contribution >= 4 is 11.2 Å². The molecule has 76 valence electrons. The van der Waals surface area contributed by atoms with Crippen LogP contribution < -0.4 is 4.74 Å². The summed E-state index contributed by atoms with van der Waals surface area (Å²) in [5.74, 6) is 1.19. The number of hydrogen-bond donors (Lipinski definition) is 1. The quantitative estimate of drug-likeness (QED) is 0.816. The Kier molecular flexibility index (Phi) is 2.50. The first-order valence-corrected chi connectivity index (χ1v) is 4.69. The molecule has 5 nitrogen and oxygen atoms in total. The zero-order valence-electron chi connectivity index (χ0n) is 8.32. The third-order valence-corrected chi connectivity index (χ3v) is 1.91. The highest BCUT2D eigenvalue weighted by Gasteiger charge is 2.04. The molecule has 0 saturated heterocycles. The van der Waals surface area contributed by atoms with Crippen LogP contribution in [0.4, 0.5) is 0 Å². The van der Waals surface area contributed by atoms with E-state index >= 15 is 0 Å². The maximum Gasteiger partial charge on any atom is 0.215 e. The fraction of sp³-hybridized carbons (Fsp3) is 0.300. The standard InChI is InChI=1S/C10H10N4O/c1-2-15-9-4-3-7-10(14-9)13-8(12-7)5-6-11/h3-4H,2,5H2,1H3,(H,12,13,14). The van der Waals surface area contributed by atoms with Gasteiger partial charge in [0.05, 0.1) is 24.6 Å². The summed E-state index contributed by atoms with van der Waals surface area (Å²) >= 11 is 0. The van der Waals surface area contributed by atoms with E-state index in [9.17, 15) is 0 Å². The minimum Gasteiger partial charge on any atom is -0.478 e. The number of aromatic amines is 1. The lowest BCUT2D eigenvalue weighted by Gasteiger charge is -1.99. The summed E-state index contributed by atoms with van der Waals surface area (Å²) in [7, 11) is 0. The van der Waals surface area contributed by atoms with E-state index in [2.05, 4.69) is 15.0 Å². The average Bonchev–Trinajstić information content (AvgIpc) is 2.60. The highest BCUT2D eigenvalue weighted by atomic mass is 16.5. The Labute approximate surface area is 86.7 Å². The summed E-state index contributed by atoms with van der Waals surface area (Å²) in [6.45, 7) is 2.48. The largest absolute Gasteiger partial charge is 0.478 e. The molecular weight excluding hydrogens is 192 g/mol. The van der Waals surface area contributed by atoms with Crippen LogP contribution in [0.1, 0.15) is 12.7 Å². The Hall–Kier alpha value is -2.09. The van der Waals surface area contributed by atoms with E-state index in [4.69, 9.17) is 10.00 Å². The molecule has 15 heavy (non-hydrogen) atoms. The van der Waals surface area contributed by atoms with Crippen LogP contribution in [0, 0.1) is 11.3 Å². The van der Waals surface area contributed by atoms with Crippen molar-refractivity contribution in [2.75, 3.05) is 6.61 Å². The van der Waals surface area contributed by atoms with Crippen molar-refractivity contribution in [3.63, 3.8) is 0 Å². The van der Waals surface area contributed by atoms with Crippen LogP contribution >= 0.6 is 0 Å². The normalized spacial score (nSPS) is 10.1. The summed E-state index contributed by atoms with van der Waals surface area (Å²) in [4.78, 5) is 11.4. The molecule has 0 atom stereocenters. The number of hydrogen-bond acceptors (Lipinski definition) is 4. The Morgan fingerprint density at radius 2 is 2.33 bits per heavy atom. The second-order valence-electron chi connectivity index (χ2n) is 2.97. The molecule has 0 unspecified atom stereocenters. The molecule has 0 aliphatic rings. The lowest BCUT2D eigenvalue weighted by molar-refractivity contribution is 0.328. The van der Waals surface area contributed by atoms with E-state index in [0.717, 1.165) is 5.52 Å². The topological polar surface area (TPSA) is 74.6 Å². The van der Waals surface area contributed by atoms with Crippen LogP contribution in [0.3, 0.4) is 0 Å². The highest BCUT2D eigenvalue weighted by molar-refractivity contribution is 5.71.